The Morgan fingerprint density at radius 3 is 2.67 bits per heavy atom. The Morgan fingerprint density at radius 2 is 2.00 bits per heavy atom. The van der Waals surface area contributed by atoms with Crippen molar-refractivity contribution < 1.29 is 17.3 Å². The van der Waals surface area contributed by atoms with Gasteiger partial charge in [-0.3, -0.25) is 4.18 Å². The molecule has 0 aliphatic rings. The number of para-hydroxylation sites is 1. The van der Waals surface area contributed by atoms with Gasteiger partial charge in [0.1, 0.15) is 17.9 Å². The van der Waals surface area contributed by atoms with Crippen LogP contribution in [0.5, 0.6) is 5.75 Å². The van der Waals surface area contributed by atoms with Gasteiger partial charge in [0, 0.05) is 5.39 Å². The Morgan fingerprint density at radius 1 is 1.22 bits per heavy atom. The third kappa shape index (κ3) is 2.96. The fraction of sp³-hybridized carbons (Fsp3) is 0.250. The number of ether oxygens (including phenoxy) is 1. The van der Waals surface area contributed by atoms with E-state index < -0.39 is 10.1 Å². The first kappa shape index (κ1) is 12.8. The van der Waals surface area contributed by atoms with E-state index in [0.717, 1.165) is 11.6 Å². The zero-order chi connectivity index (χ0) is 13.2. The predicted octanol–water partition coefficient (Wildman–Crippen LogP) is 1.72. The van der Waals surface area contributed by atoms with Crippen LogP contribution in [0.4, 0.5) is 0 Å². The third-order valence-electron chi connectivity index (χ3n) is 2.38. The Balaban J connectivity index is 2.37. The van der Waals surface area contributed by atoms with Gasteiger partial charge in [0.15, 0.2) is 0 Å². The fourth-order valence-electron chi connectivity index (χ4n) is 1.57. The molecule has 0 spiro atoms. The summed E-state index contributed by atoms with van der Waals surface area (Å²) in [7, 11) is -1.90. The molecule has 0 radical (unpaired) electrons. The highest BCUT2D eigenvalue weighted by Gasteiger charge is 2.07. The number of aromatic nitrogens is 1. The molecule has 0 amide bonds. The second-order valence-electron chi connectivity index (χ2n) is 3.80. The molecule has 0 saturated carbocycles. The first-order chi connectivity index (χ1) is 8.49. The Labute approximate surface area is 105 Å². The molecule has 0 fully saturated rings. The van der Waals surface area contributed by atoms with Crippen LogP contribution in [0.15, 0.2) is 30.3 Å². The van der Waals surface area contributed by atoms with E-state index in [4.69, 9.17) is 8.92 Å². The third-order valence-corrected chi connectivity index (χ3v) is 2.93. The summed E-state index contributed by atoms with van der Waals surface area (Å²) < 4.78 is 31.7. The van der Waals surface area contributed by atoms with E-state index in [1.54, 1.807) is 19.2 Å². The topological polar surface area (TPSA) is 65.5 Å². The maximum atomic E-state index is 10.9. The molecule has 2 rings (SSSR count). The molecule has 1 aromatic heterocycles. The predicted molar refractivity (Wildman–Crippen MR) is 67.9 cm³/mol. The number of methoxy groups -OCH3 is 1. The number of fused-ring (bicyclic) bond motifs is 1. The maximum absolute atomic E-state index is 10.9. The molecular formula is C12H13NO4S. The van der Waals surface area contributed by atoms with E-state index >= 15 is 0 Å². The molecule has 2 aromatic rings. The van der Waals surface area contributed by atoms with Gasteiger partial charge in [0.2, 0.25) is 0 Å². The average molecular weight is 267 g/mol. The van der Waals surface area contributed by atoms with Crippen LogP contribution < -0.4 is 4.74 Å². The van der Waals surface area contributed by atoms with Gasteiger partial charge in [-0.15, -0.1) is 0 Å². The summed E-state index contributed by atoms with van der Waals surface area (Å²) in [6.07, 6.45) is 1.01. The summed E-state index contributed by atoms with van der Waals surface area (Å²) in [4.78, 5) is 4.33. The number of hydrogen-bond acceptors (Lipinski definition) is 5. The Bertz CT molecular complexity index is 667. The van der Waals surface area contributed by atoms with Crippen LogP contribution >= 0.6 is 0 Å². The number of hydrogen-bond donors (Lipinski definition) is 0. The van der Waals surface area contributed by atoms with Crippen molar-refractivity contribution in [3.8, 4) is 5.75 Å². The summed E-state index contributed by atoms with van der Waals surface area (Å²) in [5.41, 5.74) is 1.23. The zero-order valence-corrected chi connectivity index (χ0v) is 10.9. The summed E-state index contributed by atoms with van der Waals surface area (Å²) in [5.74, 6) is 0.647. The van der Waals surface area contributed by atoms with Gasteiger partial charge in [-0.1, -0.05) is 18.2 Å². The Kier molecular flexibility index (Phi) is 3.49. The molecule has 0 saturated heterocycles. The van der Waals surface area contributed by atoms with E-state index in [0.29, 0.717) is 17.0 Å². The highest BCUT2D eigenvalue weighted by atomic mass is 32.2. The standard InChI is InChI=1S/C12H13NO4S/c1-16-11-5-3-4-9-6-7-10(13-12(9)11)8-17-18(2,14)15/h3-7H,8H2,1-2H3. The van der Waals surface area contributed by atoms with Crippen LogP contribution in [0.1, 0.15) is 5.69 Å². The lowest BCUT2D eigenvalue weighted by atomic mass is 10.2. The molecule has 1 aromatic carbocycles. The van der Waals surface area contributed by atoms with Crippen LogP contribution in [0.25, 0.3) is 10.9 Å². The quantitative estimate of drug-likeness (QED) is 0.789. The smallest absolute Gasteiger partial charge is 0.264 e. The number of nitrogens with zero attached hydrogens (tertiary/aromatic N) is 1. The minimum Gasteiger partial charge on any atom is -0.494 e. The second-order valence-corrected chi connectivity index (χ2v) is 5.44. The van der Waals surface area contributed by atoms with Gasteiger partial charge in [-0.05, 0) is 12.1 Å². The summed E-state index contributed by atoms with van der Waals surface area (Å²) in [6.45, 7) is -0.0766. The molecule has 0 aliphatic heterocycles. The van der Waals surface area contributed by atoms with Gasteiger partial charge < -0.3 is 4.74 Å². The minimum absolute atomic E-state index is 0.0766. The Hall–Kier alpha value is -1.66. The number of pyridine rings is 1. The highest BCUT2D eigenvalue weighted by Crippen LogP contribution is 2.23. The van der Waals surface area contributed by atoms with Crippen molar-refractivity contribution >= 4 is 21.0 Å². The molecule has 0 aliphatic carbocycles. The number of rotatable bonds is 4. The minimum atomic E-state index is -3.46. The first-order valence-electron chi connectivity index (χ1n) is 5.26. The van der Waals surface area contributed by atoms with Crippen molar-refractivity contribution in [3.05, 3.63) is 36.0 Å². The largest absolute Gasteiger partial charge is 0.494 e. The van der Waals surface area contributed by atoms with Gasteiger partial charge in [-0.25, -0.2) is 4.98 Å². The molecule has 0 atom stereocenters. The van der Waals surface area contributed by atoms with Crippen LogP contribution in [-0.2, 0) is 20.9 Å². The second kappa shape index (κ2) is 4.91. The molecule has 1 heterocycles. The highest BCUT2D eigenvalue weighted by molar-refractivity contribution is 7.85. The van der Waals surface area contributed by atoms with E-state index in [1.807, 2.05) is 18.2 Å². The molecule has 0 N–H and O–H groups in total. The van der Waals surface area contributed by atoms with Gasteiger partial charge in [0.05, 0.1) is 19.1 Å². The molecule has 96 valence electrons. The maximum Gasteiger partial charge on any atom is 0.264 e. The van der Waals surface area contributed by atoms with Gasteiger partial charge >= 0.3 is 0 Å². The summed E-state index contributed by atoms with van der Waals surface area (Å²) >= 11 is 0. The van der Waals surface area contributed by atoms with Crippen LogP contribution in [0.2, 0.25) is 0 Å². The summed E-state index contributed by atoms with van der Waals surface area (Å²) in [5, 5.41) is 0.928. The van der Waals surface area contributed by atoms with E-state index in [1.165, 1.54) is 0 Å². The SMILES string of the molecule is COc1cccc2ccc(COS(C)(=O)=O)nc12. The lowest BCUT2D eigenvalue weighted by Gasteiger charge is -2.06. The molecule has 6 heteroatoms. The molecule has 0 bridgehead atoms. The monoisotopic (exact) mass is 267 g/mol. The lowest BCUT2D eigenvalue weighted by Crippen LogP contribution is -2.04. The van der Waals surface area contributed by atoms with Crippen molar-refractivity contribution in [1.82, 2.24) is 4.98 Å². The molecular weight excluding hydrogens is 254 g/mol. The van der Waals surface area contributed by atoms with Crippen LogP contribution in [-0.4, -0.2) is 26.8 Å². The zero-order valence-electron chi connectivity index (χ0n) is 10.1. The molecule has 18 heavy (non-hydrogen) atoms. The van der Waals surface area contributed by atoms with Crippen LogP contribution in [0.3, 0.4) is 0 Å². The van der Waals surface area contributed by atoms with Crippen molar-refractivity contribution in [2.75, 3.05) is 13.4 Å². The van der Waals surface area contributed by atoms with Crippen molar-refractivity contribution in [2.24, 2.45) is 0 Å². The summed E-state index contributed by atoms with van der Waals surface area (Å²) in [6, 6.07) is 9.16. The molecule has 0 unspecified atom stereocenters. The number of benzene rings is 1. The van der Waals surface area contributed by atoms with E-state index in [-0.39, 0.29) is 6.61 Å². The normalized spacial score (nSPS) is 11.7. The van der Waals surface area contributed by atoms with Crippen molar-refractivity contribution in [1.29, 1.82) is 0 Å². The van der Waals surface area contributed by atoms with Crippen LogP contribution in [0, 0.1) is 0 Å². The fourth-order valence-corrected chi connectivity index (χ4v) is 1.91. The lowest BCUT2D eigenvalue weighted by molar-refractivity contribution is 0.307. The van der Waals surface area contributed by atoms with E-state index in [2.05, 4.69) is 4.98 Å². The molecule has 5 nitrogen and oxygen atoms in total. The van der Waals surface area contributed by atoms with Gasteiger partial charge in [0.25, 0.3) is 10.1 Å². The average Bonchev–Trinajstić information content (AvgIpc) is 2.34. The van der Waals surface area contributed by atoms with Gasteiger partial charge in [-0.2, -0.15) is 8.42 Å². The van der Waals surface area contributed by atoms with E-state index in [9.17, 15) is 8.42 Å². The van der Waals surface area contributed by atoms with Crippen molar-refractivity contribution in [2.45, 2.75) is 6.61 Å². The first-order valence-corrected chi connectivity index (χ1v) is 7.08. The van der Waals surface area contributed by atoms with Crippen molar-refractivity contribution in [3.63, 3.8) is 0 Å².